The van der Waals surface area contributed by atoms with Gasteiger partial charge in [0, 0.05) is 84.1 Å². The first-order chi connectivity index (χ1) is 32.0. The van der Waals surface area contributed by atoms with E-state index < -0.39 is 24.0 Å². The Kier molecular flexibility index (Phi) is 20.7. The number of unbranched alkanes of at least 4 members (excludes halogenated alkanes) is 1. The average Bonchev–Trinajstić information content (AvgIpc) is 4.01. The van der Waals surface area contributed by atoms with Crippen molar-refractivity contribution in [3.8, 4) is 12.3 Å². The Morgan fingerprint density at radius 2 is 1.29 bits per heavy atom. The van der Waals surface area contributed by atoms with Gasteiger partial charge < -0.3 is 55.1 Å². The minimum atomic E-state index is -0.935. The lowest BCUT2D eigenvalue weighted by molar-refractivity contribution is -0.138. The highest BCUT2D eigenvalue weighted by Crippen LogP contribution is 2.26. The molecule has 5 N–H and O–H groups in total. The minimum absolute atomic E-state index is 0.0525. The predicted molar refractivity (Wildman–Crippen MR) is 240 cm³/mol. The molecule has 2 aliphatic heterocycles. The van der Waals surface area contributed by atoms with Crippen molar-refractivity contribution in [3.63, 3.8) is 0 Å². The van der Waals surface area contributed by atoms with Crippen LogP contribution in [0.3, 0.4) is 0 Å². The molecule has 24 heteroatoms. The fourth-order valence-corrected chi connectivity index (χ4v) is 7.48. The van der Waals surface area contributed by atoms with Crippen LogP contribution in [0.25, 0.3) is 0 Å². The number of piperazine rings is 2. The number of nitrogens with one attached hydrogen (secondary N) is 1. The molecule has 0 spiro atoms. The second kappa shape index (κ2) is 26.8. The number of carbonyl (C=O) groups excluding carboxylic acids is 2. The van der Waals surface area contributed by atoms with Crippen molar-refractivity contribution in [1.29, 1.82) is 0 Å². The zero-order valence-corrected chi connectivity index (χ0v) is 38.1. The summed E-state index contributed by atoms with van der Waals surface area (Å²) >= 11 is 0. The van der Waals surface area contributed by atoms with Gasteiger partial charge in [0.05, 0.1) is 57.3 Å². The van der Waals surface area contributed by atoms with E-state index in [2.05, 4.69) is 31.9 Å². The normalized spacial score (nSPS) is 15.6. The van der Waals surface area contributed by atoms with E-state index >= 15 is 0 Å². The number of aliphatic carboxylic acids is 2. The topological polar surface area (TPSA) is 288 Å². The number of rotatable bonds is 29. The number of hydrogen-bond acceptors (Lipinski definition) is 18. The smallest absolute Gasteiger partial charge is 0.303 e. The number of carboxylic acids is 2. The van der Waals surface area contributed by atoms with Crippen LogP contribution in [0.15, 0.2) is 12.4 Å². The molecule has 66 heavy (non-hydrogen) atoms. The van der Waals surface area contributed by atoms with Crippen molar-refractivity contribution in [2.24, 2.45) is 11.7 Å². The van der Waals surface area contributed by atoms with Gasteiger partial charge in [0.2, 0.25) is 29.7 Å². The summed E-state index contributed by atoms with van der Waals surface area (Å²) in [6, 6.07) is -1.21. The van der Waals surface area contributed by atoms with Gasteiger partial charge >= 0.3 is 11.9 Å². The third-order valence-electron chi connectivity index (χ3n) is 11.4. The highest BCUT2D eigenvalue weighted by Gasteiger charge is 2.35. The number of nitrogens with zero attached hydrogens (tertiary/aromatic N) is 13. The van der Waals surface area contributed by atoms with Crippen molar-refractivity contribution in [2.75, 3.05) is 120 Å². The molecule has 2 aliphatic rings. The van der Waals surface area contributed by atoms with Crippen LogP contribution in [0.4, 0.5) is 17.8 Å². The second-order valence-electron chi connectivity index (χ2n) is 16.1. The molecule has 3 aromatic rings. The Bertz CT molecular complexity index is 2030. The van der Waals surface area contributed by atoms with Gasteiger partial charge in [-0.15, -0.1) is 16.6 Å². The van der Waals surface area contributed by atoms with Crippen LogP contribution in [-0.4, -0.2) is 194 Å². The predicted octanol–water partition coefficient (Wildman–Crippen LogP) is 0.139. The zero-order valence-electron chi connectivity index (χ0n) is 38.1. The quantitative estimate of drug-likeness (QED) is 0.0532. The van der Waals surface area contributed by atoms with E-state index in [0.29, 0.717) is 141 Å². The molecule has 5 rings (SSSR count). The number of terminal acetylenes is 1. The number of ether oxygens (including phenoxy) is 3. The Morgan fingerprint density at radius 3 is 1.83 bits per heavy atom. The van der Waals surface area contributed by atoms with Gasteiger partial charge in [-0.2, -0.15) is 15.0 Å². The molecule has 2 fully saturated rings. The van der Waals surface area contributed by atoms with Crippen molar-refractivity contribution in [2.45, 2.75) is 77.3 Å². The van der Waals surface area contributed by atoms with Crippen LogP contribution >= 0.6 is 0 Å². The zero-order chi connectivity index (χ0) is 47.3. The molecule has 24 nitrogen and oxygen atoms in total. The standard InChI is InChI=1S/C42H65N15O9/c1-4-23-64-25-27-66-28-26-65-24-14-44-40-45-41(54-19-15-52(16-20-54)38(62)34(8-6-7-13-43)56-29-32(48-50-56)9-11-35(58)59)47-42(46-40)55-21-17-53(18-22-55)39(63)37(31(3)5-2)57-30-33(49-51-57)10-12-36(60)61/h1,29-31,34,37H,5-28,43H2,2-3H3,(H,58,59)(H,60,61)(H,44,45,46,47)/t31-,34-,37-/m0/s1. The summed E-state index contributed by atoms with van der Waals surface area (Å²) in [5.74, 6) is 1.54. The lowest BCUT2D eigenvalue weighted by atomic mass is 9.97. The SMILES string of the molecule is C#CCOCCOCCOCCNc1nc(N2CCN(C(=O)[C@H]([C@@H](C)CC)n3cc(CCC(=O)O)nn3)CC2)nc(N2CCN(C(=O)[C@H](CCCCN)n3cc(CCC(=O)O)nn3)CC2)n1. The summed E-state index contributed by atoms with van der Waals surface area (Å²) in [6.07, 6.45) is 11.5. The van der Waals surface area contributed by atoms with Gasteiger partial charge in [-0.25, -0.2) is 9.36 Å². The van der Waals surface area contributed by atoms with Crippen molar-refractivity contribution < 1.29 is 43.6 Å². The van der Waals surface area contributed by atoms with Gasteiger partial charge in [-0.1, -0.05) is 36.6 Å². The van der Waals surface area contributed by atoms with E-state index in [1.165, 1.54) is 0 Å². The van der Waals surface area contributed by atoms with Gasteiger partial charge in [0.15, 0.2) is 0 Å². The molecule has 362 valence electrons. The monoisotopic (exact) mass is 924 g/mol. The summed E-state index contributed by atoms with van der Waals surface area (Å²) in [4.78, 5) is 72.6. The van der Waals surface area contributed by atoms with E-state index in [4.69, 9.17) is 51.5 Å². The van der Waals surface area contributed by atoms with Crippen LogP contribution in [0.2, 0.25) is 0 Å². The highest BCUT2D eigenvalue weighted by atomic mass is 16.5. The van der Waals surface area contributed by atoms with E-state index in [9.17, 15) is 19.2 Å². The molecule has 2 amide bonds. The number of carbonyl (C=O) groups is 4. The van der Waals surface area contributed by atoms with Crippen molar-refractivity contribution >= 4 is 41.6 Å². The van der Waals surface area contributed by atoms with Crippen LogP contribution < -0.4 is 20.9 Å². The molecule has 3 atom stereocenters. The molecule has 0 aromatic carbocycles. The van der Waals surface area contributed by atoms with E-state index in [0.717, 1.165) is 12.8 Å². The molecule has 5 heterocycles. The fraction of sp³-hybridized carbons (Fsp3) is 0.690. The third-order valence-corrected chi connectivity index (χ3v) is 11.4. The number of aryl methyl sites for hydroxylation is 2. The Hall–Kier alpha value is -6.03. The maximum atomic E-state index is 14.1. The third kappa shape index (κ3) is 15.6. The van der Waals surface area contributed by atoms with Gasteiger partial charge in [0.1, 0.15) is 18.7 Å². The van der Waals surface area contributed by atoms with E-state index in [1.807, 2.05) is 28.5 Å². The molecule has 0 aliphatic carbocycles. The number of amides is 2. The maximum absolute atomic E-state index is 14.1. The number of anilines is 3. The summed E-state index contributed by atoms with van der Waals surface area (Å²) in [6.45, 7) is 10.5. The molecule has 0 radical (unpaired) electrons. The van der Waals surface area contributed by atoms with Crippen LogP contribution in [0, 0.1) is 18.3 Å². The Morgan fingerprint density at radius 1 is 0.758 bits per heavy atom. The molecule has 0 saturated carbocycles. The van der Waals surface area contributed by atoms with Crippen molar-refractivity contribution in [3.05, 3.63) is 23.8 Å². The Balaban J connectivity index is 1.25. The van der Waals surface area contributed by atoms with Crippen LogP contribution in [0.1, 0.15) is 75.8 Å². The van der Waals surface area contributed by atoms with Gasteiger partial charge in [-0.3, -0.25) is 19.2 Å². The second-order valence-corrected chi connectivity index (χ2v) is 16.1. The van der Waals surface area contributed by atoms with E-state index in [-0.39, 0.29) is 50.0 Å². The lowest BCUT2D eigenvalue weighted by Crippen LogP contribution is -2.52. The highest BCUT2D eigenvalue weighted by molar-refractivity contribution is 5.81. The summed E-state index contributed by atoms with van der Waals surface area (Å²) in [7, 11) is 0. The van der Waals surface area contributed by atoms with Gasteiger partial charge in [-0.05, 0) is 31.7 Å². The summed E-state index contributed by atoms with van der Waals surface area (Å²) < 4.78 is 19.6. The Labute approximate surface area is 384 Å². The first-order valence-corrected chi connectivity index (χ1v) is 22.7. The number of nitrogens with two attached hydrogens (primary N) is 1. The first kappa shape index (κ1) is 51.0. The fourth-order valence-electron chi connectivity index (χ4n) is 7.48. The lowest BCUT2D eigenvalue weighted by Gasteiger charge is -2.38. The maximum Gasteiger partial charge on any atom is 0.303 e. The molecule has 3 aromatic heterocycles. The molecular weight excluding hydrogens is 859 g/mol. The summed E-state index contributed by atoms with van der Waals surface area (Å²) in [5, 5.41) is 38.2. The minimum Gasteiger partial charge on any atom is -0.481 e. The van der Waals surface area contributed by atoms with Gasteiger partial charge in [0.25, 0.3) is 0 Å². The van der Waals surface area contributed by atoms with Crippen LogP contribution in [0.5, 0.6) is 0 Å². The van der Waals surface area contributed by atoms with Crippen LogP contribution in [-0.2, 0) is 46.2 Å². The number of carboxylic acid groups (broad SMARTS) is 2. The summed E-state index contributed by atoms with van der Waals surface area (Å²) in [5.41, 5.74) is 6.79. The molecule has 0 unspecified atom stereocenters. The number of hydrogen-bond donors (Lipinski definition) is 4. The first-order valence-electron chi connectivity index (χ1n) is 22.7. The largest absolute Gasteiger partial charge is 0.481 e. The number of aromatic nitrogens is 9. The molecule has 2 saturated heterocycles. The molecule has 0 bridgehead atoms. The molecular formula is C42H65N15O9. The van der Waals surface area contributed by atoms with E-state index in [1.54, 1.807) is 26.7 Å². The van der Waals surface area contributed by atoms with Crippen molar-refractivity contribution in [1.82, 2.24) is 54.7 Å². The average molecular weight is 924 g/mol.